The van der Waals surface area contributed by atoms with Gasteiger partial charge in [0.1, 0.15) is 0 Å². The van der Waals surface area contributed by atoms with Crippen LogP contribution in [0, 0.1) is 12.3 Å². The van der Waals surface area contributed by atoms with Crippen molar-refractivity contribution in [2.24, 2.45) is 5.41 Å². The van der Waals surface area contributed by atoms with Crippen LogP contribution < -0.4 is 5.32 Å². The van der Waals surface area contributed by atoms with Gasteiger partial charge in [0.05, 0.1) is 11.1 Å². The van der Waals surface area contributed by atoms with Gasteiger partial charge in [-0.2, -0.15) is 0 Å². The number of hydrogen-bond donors (Lipinski definition) is 1. The SMILES string of the molecule is Cc1nnc(-c2ccccc2C(=O)NC2CCC(C)(C)CC2)o1. The second kappa shape index (κ2) is 6.14. The molecule has 0 bridgehead atoms. The van der Waals surface area contributed by atoms with Gasteiger partial charge in [-0.05, 0) is 43.2 Å². The second-order valence-electron chi connectivity index (χ2n) is 7.08. The zero-order chi connectivity index (χ0) is 16.4. The molecule has 0 unspecified atom stereocenters. The minimum absolute atomic E-state index is 0.0684. The molecule has 1 amide bonds. The molecule has 1 aliphatic carbocycles. The van der Waals surface area contributed by atoms with E-state index in [1.165, 1.54) is 0 Å². The molecule has 0 saturated heterocycles. The minimum Gasteiger partial charge on any atom is -0.421 e. The standard InChI is InChI=1S/C18H23N3O2/c1-12-20-21-17(23-12)15-7-5-4-6-14(15)16(22)19-13-8-10-18(2,3)11-9-13/h4-7,13H,8-11H2,1-3H3,(H,19,22). The van der Waals surface area contributed by atoms with Crippen molar-refractivity contribution in [1.82, 2.24) is 15.5 Å². The van der Waals surface area contributed by atoms with Gasteiger partial charge >= 0.3 is 0 Å². The predicted molar refractivity (Wildman–Crippen MR) is 88.0 cm³/mol. The van der Waals surface area contributed by atoms with E-state index in [1.807, 2.05) is 18.2 Å². The normalized spacial score (nSPS) is 17.9. The van der Waals surface area contributed by atoms with Crippen LogP contribution >= 0.6 is 0 Å². The van der Waals surface area contributed by atoms with Gasteiger partial charge in [0.25, 0.3) is 5.91 Å². The van der Waals surface area contributed by atoms with Gasteiger partial charge in [0.15, 0.2) is 0 Å². The molecule has 0 atom stereocenters. The number of carbonyl (C=O) groups is 1. The molecule has 5 heteroatoms. The van der Waals surface area contributed by atoms with Crippen LogP contribution in [0.3, 0.4) is 0 Å². The zero-order valence-corrected chi connectivity index (χ0v) is 13.9. The van der Waals surface area contributed by atoms with E-state index in [4.69, 9.17) is 4.42 Å². The van der Waals surface area contributed by atoms with Crippen molar-refractivity contribution in [1.29, 1.82) is 0 Å². The number of rotatable bonds is 3. The lowest BCUT2D eigenvalue weighted by atomic mass is 9.75. The molecule has 0 radical (unpaired) electrons. The van der Waals surface area contributed by atoms with Crippen LogP contribution in [-0.4, -0.2) is 22.1 Å². The van der Waals surface area contributed by atoms with E-state index < -0.39 is 0 Å². The maximum absolute atomic E-state index is 12.7. The summed E-state index contributed by atoms with van der Waals surface area (Å²) in [5.74, 6) is 0.809. The van der Waals surface area contributed by atoms with E-state index in [2.05, 4.69) is 29.4 Å². The largest absolute Gasteiger partial charge is 0.421 e. The topological polar surface area (TPSA) is 68.0 Å². The summed E-state index contributed by atoms with van der Waals surface area (Å²) in [6, 6.07) is 7.61. The number of nitrogens with zero attached hydrogens (tertiary/aromatic N) is 2. The third-order valence-corrected chi connectivity index (χ3v) is 4.60. The Labute approximate surface area is 136 Å². The quantitative estimate of drug-likeness (QED) is 0.937. The van der Waals surface area contributed by atoms with Gasteiger partial charge < -0.3 is 9.73 Å². The fourth-order valence-corrected chi connectivity index (χ4v) is 3.08. The fourth-order valence-electron chi connectivity index (χ4n) is 3.08. The van der Waals surface area contributed by atoms with Crippen molar-refractivity contribution in [3.8, 4) is 11.5 Å². The van der Waals surface area contributed by atoms with Crippen molar-refractivity contribution < 1.29 is 9.21 Å². The lowest BCUT2D eigenvalue weighted by Crippen LogP contribution is -2.39. The molecule has 1 aromatic heterocycles. The van der Waals surface area contributed by atoms with Crippen molar-refractivity contribution in [3.05, 3.63) is 35.7 Å². The summed E-state index contributed by atoms with van der Waals surface area (Å²) < 4.78 is 5.48. The number of benzene rings is 1. The fraction of sp³-hybridized carbons (Fsp3) is 0.500. The van der Waals surface area contributed by atoms with Gasteiger partial charge in [-0.3, -0.25) is 4.79 Å². The van der Waals surface area contributed by atoms with Gasteiger partial charge in [-0.25, -0.2) is 0 Å². The summed E-state index contributed by atoms with van der Waals surface area (Å²) >= 11 is 0. The van der Waals surface area contributed by atoms with Crippen molar-refractivity contribution in [2.45, 2.75) is 52.5 Å². The molecule has 1 saturated carbocycles. The number of carbonyl (C=O) groups excluding carboxylic acids is 1. The summed E-state index contributed by atoms with van der Waals surface area (Å²) in [5.41, 5.74) is 1.66. The number of amides is 1. The first-order chi connectivity index (χ1) is 10.9. The average Bonchev–Trinajstić information content (AvgIpc) is 2.96. The smallest absolute Gasteiger partial charge is 0.252 e. The number of hydrogen-bond acceptors (Lipinski definition) is 4. The zero-order valence-electron chi connectivity index (χ0n) is 13.9. The van der Waals surface area contributed by atoms with Crippen LogP contribution in [0.5, 0.6) is 0 Å². The third kappa shape index (κ3) is 3.60. The van der Waals surface area contributed by atoms with Crippen molar-refractivity contribution in [3.63, 3.8) is 0 Å². The molecule has 3 rings (SSSR count). The molecule has 1 N–H and O–H groups in total. The lowest BCUT2D eigenvalue weighted by Gasteiger charge is -2.34. The molecule has 1 fully saturated rings. The Morgan fingerprint density at radius 2 is 1.91 bits per heavy atom. The molecular formula is C18H23N3O2. The lowest BCUT2D eigenvalue weighted by molar-refractivity contribution is 0.0909. The van der Waals surface area contributed by atoms with Crippen LogP contribution in [0.25, 0.3) is 11.5 Å². The highest BCUT2D eigenvalue weighted by molar-refractivity contribution is 6.00. The number of aryl methyl sites for hydroxylation is 1. The average molecular weight is 313 g/mol. The maximum Gasteiger partial charge on any atom is 0.252 e. The molecule has 0 aliphatic heterocycles. The van der Waals surface area contributed by atoms with E-state index in [0.717, 1.165) is 25.7 Å². The van der Waals surface area contributed by atoms with Crippen LogP contribution in [-0.2, 0) is 0 Å². The molecular weight excluding hydrogens is 290 g/mol. The molecule has 1 aliphatic rings. The van der Waals surface area contributed by atoms with E-state index >= 15 is 0 Å². The highest BCUT2D eigenvalue weighted by atomic mass is 16.4. The third-order valence-electron chi connectivity index (χ3n) is 4.60. The Hall–Kier alpha value is -2.17. The summed E-state index contributed by atoms with van der Waals surface area (Å²) in [5, 5.41) is 11.0. The Kier molecular flexibility index (Phi) is 4.20. The van der Waals surface area contributed by atoms with Crippen LogP contribution in [0.15, 0.2) is 28.7 Å². The van der Waals surface area contributed by atoms with Gasteiger partial charge in [-0.15, -0.1) is 10.2 Å². The van der Waals surface area contributed by atoms with Crippen LogP contribution in [0.4, 0.5) is 0 Å². The Bertz CT molecular complexity index is 696. The number of aromatic nitrogens is 2. The molecule has 122 valence electrons. The predicted octanol–water partition coefficient (Wildman–Crippen LogP) is 3.74. The first-order valence-corrected chi connectivity index (χ1v) is 8.15. The molecule has 1 aromatic carbocycles. The van der Waals surface area contributed by atoms with Gasteiger partial charge in [-0.1, -0.05) is 26.0 Å². The first kappa shape index (κ1) is 15.7. The van der Waals surface area contributed by atoms with E-state index in [9.17, 15) is 4.79 Å². The van der Waals surface area contributed by atoms with E-state index in [-0.39, 0.29) is 11.9 Å². The number of nitrogens with one attached hydrogen (secondary N) is 1. The molecule has 0 spiro atoms. The first-order valence-electron chi connectivity index (χ1n) is 8.15. The summed E-state index contributed by atoms with van der Waals surface area (Å²) in [6.07, 6.45) is 4.34. The highest BCUT2D eigenvalue weighted by Crippen LogP contribution is 2.35. The molecule has 5 nitrogen and oxygen atoms in total. The highest BCUT2D eigenvalue weighted by Gasteiger charge is 2.28. The summed E-state index contributed by atoms with van der Waals surface area (Å²) in [7, 11) is 0. The van der Waals surface area contributed by atoms with Crippen molar-refractivity contribution >= 4 is 5.91 Å². The molecule has 1 heterocycles. The van der Waals surface area contributed by atoms with Crippen molar-refractivity contribution in [2.75, 3.05) is 0 Å². The monoisotopic (exact) mass is 313 g/mol. The summed E-state index contributed by atoms with van der Waals surface area (Å²) in [6.45, 7) is 6.32. The van der Waals surface area contributed by atoms with Gasteiger partial charge in [0, 0.05) is 13.0 Å². The maximum atomic E-state index is 12.7. The van der Waals surface area contributed by atoms with Crippen LogP contribution in [0.1, 0.15) is 55.8 Å². The van der Waals surface area contributed by atoms with E-state index in [0.29, 0.717) is 28.3 Å². The molecule has 2 aromatic rings. The summed E-state index contributed by atoms with van der Waals surface area (Å²) in [4.78, 5) is 12.7. The molecule has 23 heavy (non-hydrogen) atoms. The Balaban J connectivity index is 1.76. The Morgan fingerprint density at radius 3 is 2.57 bits per heavy atom. The minimum atomic E-state index is -0.0684. The Morgan fingerprint density at radius 1 is 1.22 bits per heavy atom. The van der Waals surface area contributed by atoms with Gasteiger partial charge in [0.2, 0.25) is 11.8 Å². The van der Waals surface area contributed by atoms with E-state index in [1.54, 1.807) is 13.0 Å². The van der Waals surface area contributed by atoms with Crippen LogP contribution in [0.2, 0.25) is 0 Å². The second-order valence-corrected chi connectivity index (χ2v) is 7.08.